The number of pyridine rings is 1. The molecule has 0 aliphatic rings. The van der Waals surface area contributed by atoms with Crippen LogP contribution < -0.4 is 9.88 Å². The standard InChI is InChI=1S/C14H13N3O3/c1-11-6-8-16(9-7-11)10-14(18)15-12-2-4-13(5-3-12)17(19)20/h2-9H,10H2,1H3/p+1. The average molecular weight is 272 g/mol. The monoisotopic (exact) mass is 272 g/mol. The Morgan fingerprint density at radius 2 is 1.80 bits per heavy atom. The number of hydrogen-bond donors (Lipinski definition) is 1. The van der Waals surface area contributed by atoms with Gasteiger partial charge in [-0.15, -0.1) is 0 Å². The van der Waals surface area contributed by atoms with Gasteiger partial charge in [-0.25, -0.2) is 0 Å². The molecule has 0 saturated carbocycles. The molecule has 0 atom stereocenters. The maximum Gasteiger partial charge on any atom is 0.290 e. The summed E-state index contributed by atoms with van der Waals surface area (Å²) in [5.41, 5.74) is 1.65. The first-order valence-electron chi connectivity index (χ1n) is 6.04. The number of amides is 1. The zero-order chi connectivity index (χ0) is 14.5. The second-order valence-corrected chi connectivity index (χ2v) is 4.40. The number of rotatable bonds is 4. The fraction of sp³-hybridized carbons (Fsp3) is 0.143. The molecule has 2 aromatic rings. The largest absolute Gasteiger partial charge is 0.321 e. The minimum atomic E-state index is -0.478. The van der Waals surface area contributed by atoms with E-state index in [1.807, 2.05) is 31.5 Å². The Kier molecular flexibility index (Phi) is 4.05. The van der Waals surface area contributed by atoms with Gasteiger partial charge in [0.15, 0.2) is 12.4 Å². The van der Waals surface area contributed by atoms with E-state index >= 15 is 0 Å². The van der Waals surface area contributed by atoms with Crippen LogP contribution in [-0.2, 0) is 11.3 Å². The van der Waals surface area contributed by atoms with Crippen molar-refractivity contribution in [3.8, 4) is 0 Å². The van der Waals surface area contributed by atoms with Crippen LogP contribution in [0.3, 0.4) is 0 Å². The molecule has 0 radical (unpaired) electrons. The van der Waals surface area contributed by atoms with E-state index in [1.54, 1.807) is 4.57 Å². The van der Waals surface area contributed by atoms with E-state index in [1.165, 1.54) is 24.3 Å². The molecule has 0 aliphatic carbocycles. The van der Waals surface area contributed by atoms with Crippen LogP contribution in [0.15, 0.2) is 48.8 Å². The number of hydrogen-bond acceptors (Lipinski definition) is 3. The van der Waals surface area contributed by atoms with Crippen molar-refractivity contribution in [2.45, 2.75) is 13.5 Å². The van der Waals surface area contributed by atoms with E-state index in [9.17, 15) is 14.9 Å². The fourth-order valence-electron chi connectivity index (χ4n) is 1.67. The number of carbonyl (C=O) groups excluding carboxylic acids is 1. The number of benzene rings is 1. The molecule has 20 heavy (non-hydrogen) atoms. The lowest BCUT2D eigenvalue weighted by Crippen LogP contribution is -2.39. The predicted molar refractivity (Wildman–Crippen MR) is 73.1 cm³/mol. The third-order valence-electron chi connectivity index (χ3n) is 2.75. The number of anilines is 1. The van der Waals surface area contributed by atoms with Crippen molar-refractivity contribution in [1.29, 1.82) is 0 Å². The lowest BCUT2D eigenvalue weighted by molar-refractivity contribution is -0.684. The number of aryl methyl sites for hydroxylation is 1. The van der Waals surface area contributed by atoms with Gasteiger partial charge in [0.1, 0.15) is 0 Å². The number of nitrogens with one attached hydrogen (secondary N) is 1. The van der Waals surface area contributed by atoms with Crippen molar-refractivity contribution in [2.24, 2.45) is 0 Å². The van der Waals surface area contributed by atoms with Gasteiger partial charge in [-0.1, -0.05) is 0 Å². The molecular formula is C14H14N3O3+. The van der Waals surface area contributed by atoms with Crippen molar-refractivity contribution in [3.05, 3.63) is 64.5 Å². The van der Waals surface area contributed by atoms with Crippen LogP contribution in [0.1, 0.15) is 5.56 Å². The minimum Gasteiger partial charge on any atom is -0.321 e. The maximum absolute atomic E-state index is 11.8. The van der Waals surface area contributed by atoms with Gasteiger partial charge in [0.25, 0.3) is 11.6 Å². The quantitative estimate of drug-likeness (QED) is 0.524. The molecule has 0 unspecified atom stereocenters. The van der Waals surface area contributed by atoms with E-state index in [2.05, 4.69) is 5.32 Å². The molecule has 6 heteroatoms. The third-order valence-corrected chi connectivity index (χ3v) is 2.75. The Morgan fingerprint density at radius 3 is 2.35 bits per heavy atom. The van der Waals surface area contributed by atoms with Crippen LogP contribution in [0, 0.1) is 17.0 Å². The normalized spacial score (nSPS) is 10.1. The Morgan fingerprint density at radius 1 is 1.20 bits per heavy atom. The number of nitro benzene ring substituents is 1. The number of nitrogens with zero attached hydrogens (tertiary/aromatic N) is 2. The molecule has 0 aliphatic heterocycles. The molecule has 0 spiro atoms. The van der Waals surface area contributed by atoms with E-state index in [0.717, 1.165) is 5.56 Å². The molecule has 0 bridgehead atoms. The van der Waals surface area contributed by atoms with Crippen molar-refractivity contribution < 1.29 is 14.3 Å². The molecule has 6 nitrogen and oxygen atoms in total. The highest BCUT2D eigenvalue weighted by atomic mass is 16.6. The number of carbonyl (C=O) groups is 1. The second-order valence-electron chi connectivity index (χ2n) is 4.40. The molecule has 1 aromatic heterocycles. The van der Waals surface area contributed by atoms with E-state index in [-0.39, 0.29) is 18.1 Å². The molecule has 102 valence electrons. The molecule has 1 aromatic carbocycles. The lowest BCUT2D eigenvalue weighted by Gasteiger charge is -2.02. The Labute approximate surface area is 115 Å². The summed E-state index contributed by atoms with van der Waals surface area (Å²) in [5.74, 6) is -0.187. The number of aromatic nitrogens is 1. The van der Waals surface area contributed by atoms with Crippen LogP contribution in [0.2, 0.25) is 0 Å². The van der Waals surface area contributed by atoms with Gasteiger partial charge in [-0.05, 0) is 24.6 Å². The summed E-state index contributed by atoms with van der Waals surface area (Å²) in [7, 11) is 0. The van der Waals surface area contributed by atoms with Gasteiger partial charge >= 0.3 is 0 Å². The fourth-order valence-corrected chi connectivity index (χ4v) is 1.67. The summed E-state index contributed by atoms with van der Waals surface area (Å²) in [6, 6.07) is 9.56. The third kappa shape index (κ3) is 3.61. The molecule has 2 rings (SSSR count). The van der Waals surface area contributed by atoms with Crippen molar-refractivity contribution in [3.63, 3.8) is 0 Å². The average Bonchev–Trinajstić information content (AvgIpc) is 2.42. The van der Waals surface area contributed by atoms with Gasteiger partial charge in [-0.2, -0.15) is 4.57 Å². The van der Waals surface area contributed by atoms with Crippen LogP contribution in [0.4, 0.5) is 11.4 Å². The molecule has 1 amide bonds. The molecule has 1 heterocycles. The Balaban J connectivity index is 1.97. The lowest BCUT2D eigenvalue weighted by atomic mass is 10.3. The van der Waals surface area contributed by atoms with Gasteiger partial charge < -0.3 is 5.32 Å². The number of nitro groups is 1. The van der Waals surface area contributed by atoms with Gasteiger partial charge in [0.05, 0.1) is 4.92 Å². The van der Waals surface area contributed by atoms with Gasteiger partial charge in [0, 0.05) is 30.0 Å². The highest BCUT2D eigenvalue weighted by Gasteiger charge is 2.10. The van der Waals surface area contributed by atoms with Crippen molar-refractivity contribution >= 4 is 17.3 Å². The van der Waals surface area contributed by atoms with Crippen LogP contribution in [-0.4, -0.2) is 10.8 Å². The van der Waals surface area contributed by atoms with Crippen molar-refractivity contribution in [1.82, 2.24) is 0 Å². The van der Waals surface area contributed by atoms with Gasteiger partial charge in [0.2, 0.25) is 6.54 Å². The van der Waals surface area contributed by atoms with Gasteiger partial charge in [-0.3, -0.25) is 14.9 Å². The highest BCUT2D eigenvalue weighted by molar-refractivity contribution is 5.89. The molecule has 0 fully saturated rings. The first-order chi connectivity index (χ1) is 9.54. The summed E-state index contributed by atoms with van der Waals surface area (Å²) in [6.45, 7) is 2.17. The first-order valence-corrected chi connectivity index (χ1v) is 6.04. The van der Waals surface area contributed by atoms with E-state index in [0.29, 0.717) is 5.69 Å². The summed E-state index contributed by atoms with van der Waals surface area (Å²) in [5, 5.41) is 13.2. The first kappa shape index (κ1) is 13.7. The summed E-state index contributed by atoms with van der Waals surface area (Å²) < 4.78 is 1.76. The van der Waals surface area contributed by atoms with Crippen LogP contribution in [0.5, 0.6) is 0 Å². The number of non-ortho nitro benzene ring substituents is 1. The maximum atomic E-state index is 11.8. The Bertz CT molecular complexity index is 621. The SMILES string of the molecule is Cc1cc[n+](CC(=O)Nc2ccc([N+](=O)[O-])cc2)cc1. The summed E-state index contributed by atoms with van der Waals surface area (Å²) in [4.78, 5) is 21.9. The van der Waals surface area contributed by atoms with E-state index in [4.69, 9.17) is 0 Å². The summed E-state index contributed by atoms with van der Waals surface area (Å²) in [6.07, 6.45) is 3.65. The van der Waals surface area contributed by atoms with Crippen LogP contribution >= 0.6 is 0 Å². The molecule has 1 N–H and O–H groups in total. The van der Waals surface area contributed by atoms with Crippen molar-refractivity contribution in [2.75, 3.05) is 5.32 Å². The topological polar surface area (TPSA) is 76.1 Å². The smallest absolute Gasteiger partial charge is 0.290 e. The highest BCUT2D eigenvalue weighted by Crippen LogP contribution is 2.15. The predicted octanol–water partition coefficient (Wildman–Crippen LogP) is 1.83. The van der Waals surface area contributed by atoms with E-state index < -0.39 is 4.92 Å². The second kappa shape index (κ2) is 5.92. The zero-order valence-corrected chi connectivity index (χ0v) is 10.9. The Hall–Kier alpha value is -2.76. The molecule has 0 saturated heterocycles. The minimum absolute atomic E-state index is 0.00379. The summed E-state index contributed by atoms with van der Waals surface area (Å²) >= 11 is 0. The van der Waals surface area contributed by atoms with Crippen LogP contribution in [0.25, 0.3) is 0 Å². The zero-order valence-electron chi connectivity index (χ0n) is 10.9. The molecular weight excluding hydrogens is 258 g/mol.